The minimum atomic E-state index is -1.59. The lowest BCUT2D eigenvalue weighted by Gasteiger charge is -2.29. The number of alkyl halides is 3. The van der Waals surface area contributed by atoms with Gasteiger partial charge in [0.05, 0.1) is 5.38 Å². The first-order chi connectivity index (χ1) is 7.27. The van der Waals surface area contributed by atoms with Crippen molar-refractivity contribution < 1.29 is 9.90 Å². The summed E-state index contributed by atoms with van der Waals surface area (Å²) in [6.07, 6.45) is 0.0166. The monoisotopic (exact) mass is 289 g/mol. The van der Waals surface area contributed by atoms with Crippen molar-refractivity contribution in [3.8, 4) is 0 Å². The summed E-state index contributed by atoms with van der Waals surface area (Å²) in [5.41, 5.74) is 0. The Balaban J connectivity index is 4.45. The zero-order chi connectivity index (χ0) is 12.9. The van der Waals surface area contributed by atoms with Gasteiger partial charge in [-0.05, 0) is 19.8 Å². The second kappa shape index (κ2) is 6.90. The largest absolute Gasteiger partial charge is 0.370 e. The summed E-state index contributed by atoms with van der Waals surface area (Å²) in [5.74, 6) is -0.412. The van der Waals surface area contributed by atoms with E-state index in [-0.39, 0.29) is 11.8 Å². The lowest BCUT2D eigenvalue weighted by Crippen LogP contribution is -2.51. The lowest BCUT2D eigenvalue weighted by molar-refractivity contribution is -0.128. The van der Waals surface area contributed by atoms with Crippen molar-refractivity contribution in [2.45, 2.75) is 49.6 Å². The average Bonchev–Trinajstić information content (AvgIpc) is 2.18. The van der Waals surface area contributed by atoms with Crippen LogP contribution in [-0.4, -0.2) is 27.0 Å². The van der Waals surface area contributed by atoms with E-state index >= 15 is 0 Å². The standard InChI is InChI=1S/C10H18Cl3NO2/c1-4-7(5-2)8(15)14-9(16)10(12,13)6(3)11/h6-7,9,16H,4-5H2,1-3H3,(H,14,15)/t6-,9-/m0/s1. The summed E-state index contributed by atoms with van der Waals surface area (Å²) in [4.78, 5) is 11.7. The summed E-state index contributed by atoms with van der Waals surface area (Å²) < 4.78 is -1.59. The van der Waals surface area contributed by atoms with Crippen LogP contribution in [0.3, 0.4) is 0 Å². The predicted octanol–water partition coefficient (Wildman–Crippen LogP) is 2.66. The van der Waals surface area contributed by atoms with Gasteiger partial charge in [-0.2, -0.15) is 0 Å². The Kier molecular flexibility index (Phi) is 7.03. The smallest absolute Gasteiger partial charge is 0.225 e. The van der Waals surface area contributed by atoms with Gasteiger partial charge in [-0.1, -0.05) is 37.0 Å². The van der Waals surface area contributed by atoms with Crippen molar-refractivity contribution in [1.29, 1.82) is 0 Å². The van der Waals surface area contributed by atoms with Crippen LogP contribution in [0.25, 0.3) is 0 Å². The highest BCUT2D eigenvalue weighted by molar-refractivity contribution is 6.52. The maximum Gasteiger partial charge on any atom is 0.225 e. The van der Waals surface area contributed by atoms with Gasteiger partial charge in [0.25, 0.3) is 0 Å². The van der Waals surface area contributed by atoms with Crippen LogP contribution in [0, 0.1) is 5.92 Å². The third-order valence-electron chi connectivity index (χ3n) is 2.53. The van der Waals surface area contributed by atoms with Gasteiger partial charge in [-0.3, -0.25) is 4.79 Å². The van der Waals surface area contributed by atoms with Crippen molar-refractivity contribution in [3.63, 3.8) is 0 Å². The molecule has 0 heterocycles. The summed E-state index contributed by atoms with van der Waals surface area (Å²) in [7, 11) is 0. The van der Waals surface area contributed by atoms with E-state index in [0.29, 0.717) is 12.8 Å². The first-order valence-electron chi connectivity index (χ1n) is 5.27. The van der Waals surface area contributed by atoms with Crippen LogP contribution in [-0.2, 0) is 4.79 Å². The molecule has 0 spiro atoms. The number of halogens is 3. The van der Waals surface area contributed by atoms with Gasteiger partial charge in [-0.15, -0.1) is 11.6 Å². The molecule has 6 heteroatoms. The van der Waals surface area contributed by atoms with Crippen LogP contribution in [0.4, 0.5) is 0 Å². The Morgan fingerprint density at radius 3 is 2.12 bits per heavy atom. The van der Waals surface area contributed by atoms with E-state index < -0.39 is 15.9 Å². The van der Waals surface area contributed by atoms with Crippen LogP contribution in [0.15, 0.2) is 0 Å². The van der Waals surface area contributed by atoms with Crippen molar-refractivity contribution in [2.24, 2.45) is 5.92 Å². The minimum absolute atomic E-state index is 0.149. The van der Waals surface area contributed by atoms with E-state index in [2.05, 4.69) is 5.32 Å². The SMILES string of the molecule is CCC(CC)C(=O)N[C@@H](O)C(Cl)(Cl)[C@H](C)Cl. The van der Waals surface area contributed by atoms with Crippen molar-refractivity contribution in [1.82, 2.24) is 5.32 Å². The number of aliphatic hydroxyl groups is 1. The number of rotatable bonds is 6. The molecule has 16 heavy (non-hydrogen) atoms. The molecule has 0 aromatic rings. The lowest BCUT2D eigenvalue weighted by atomic mass is 10.0. The maximum absolute atomic E-state index is 11.7. The molecule has 0 aliphatic rings. The Hall–Kier alpha value is 0.300. The Labute approximate surface area is 111 Å². The molecule has 0 fully saturated rings. The molecule has 2 atom stereocenters. The van der Waals surface area contributed by atoms with Crippen LogP contribution in [0.5, 0.6) is 0 Å². The van der Waals surface area contributed by atoms with Crippen LogP contribution >= 0.6 is 34.8 Å². The van der Waals surface area contributed by atoms with Gasteiger partial charge in [-0.25, -0.2) is 0 Å². The van der Waals surface area contributed by atoms with Gasteiger partial charge >= 0.3 is 0 Å². The summed E-state index contributed by atoms with van der Waals surface area (Å²) >= 11 is 17.4. The van der Waals surface area contributed by atoms with E-state index in [4.69, 9.17) is 34.8 Å². The van der Waals surface area contributed by atoms with Crippen LogP contribution < -0.4 is 5.32 Å². The summed E-state index contributed by atoms with van der Waals surface area (Å²) in [6, 6.07) is 0. The highest BCUT2D eigenvalue weighted by Crippen LogP contribution is 2.32. The Morgan fingerprint density at radius 1 is 1.38 bits per heavy atom. The molecule has 0 aliphatic carbocycles. The maximum atomic E-state index is 11.7. The third kappa shape index (κ3) is 4.28. The summed E-state index contributed by atoms with van der Waals surface area (Å²) in [6.45, 7) is 5.35. The minimum Gasteiger partial charge on any atom is -0.370 e. The topological polar surface area (TPSA) is 49.3 Å². The molecule has 0 saturated heterocycles. The number of carbonyl (C=O) groups excluding carboxylic acids is 1. The van der Waals surface area contributed by atoms with Gasteiger partial charge in [0, 0.05) is 5.92 Å². The quantitative estimate of drug-likeness (QED) is 0.584. The molecule has 0 unspecified atom stereocenters. The molecule has 2 N–H and O–H groups in total. The first kappa shape index (κ1) is 16.3. The molecule has 0 bridgehead atoms. The van der Waals surface area contributed by atoms with Gasteiger partial charge in [0.2, 0.25) is 5.91 Å². The third-order valence-corrected chi connectivity index (χ3v) is 4.17. The Bertz CT molecular complexity index is 230. The molecule has 0 radical (unpaired) electrons. The molecule has 0 aromatic heterocycles. The molecule has 0 aliphatic heterocycles. The number of aliphatic hydroxyl groups excluding tert-OH is 1. The summed E-state index contributed by atoms with van der Waals surface area (Å²) in [5, 5.41) is 11.4. The van der Waals surface area contributed by atoms with E-state index in [1.165, 1.54) is 0 Å². The van der Waals surface area contributed by atoms with Gasteiger partial charge < -0.3 is 10.4 Å². The zero-order valence-electron chi connectivity index (χ0n) is 9.64. The molecule has 96 valence electrons. The Morgan fingerprint density at radius 2 is 1.81 bits per heavy atom. The average molecular weight is 291 g/mol. The normalized spacial score (nSPS) is 16.0. The van der Waals surface area contributed by atoms with E-state index in [0.717, 1.165) is 0 Å². The fourth-order valence-electron chi connectivity index (χ4n) is 1.23. The predicted molar refractivity (Wildman–Crippen MR) is 68.0 cm³/mol. The second-order valence-electron chi connectivity index (χ2n) is 3.72. The van der Waals surface area contributed by atoms with Crippen molar-refractivity contribution >= 4 is 40.7 Å². The number of nitrogens with one attached hydrogen (secondary N) is 1. The first-order valence-corrected chi connectivity index (χ1v) is 6.46. The number of amides is 1. The molecular weight excluding hydrogens is 272 g/mol. The van der Waals surface area contributed by atoms with Gasteiger partial charge in [0.1, 0.15) is 0 Å². The highest BCUT2D eigenvalue weighted by Gasteiger charge is 2.40. The van der Waals surface area contributed by atoms with E-state index in [9.17, 15) is 9.90 Å². The zero-order valence-corrected chi connectivity index (χ0v) is 11.9. The van der Waals surface area contributed by atoms with Crippen molar-refractivity contribution in [2.75, 3.05) is 0 Å². The van der Waals surface area contributed by atoms with Crippen molar-refractivity contribution in [3.05, 3.63) is 0 Å². The highest BCUT2D eigenvalue weighted by atomic mass is 35.5. The number of hydrogen-bond donors (Lipinski definition) is 2. The molecule has 0 saturated carbocycles. The van der Waals surface area contributed by atoms with E-state index in [1.54, 1.807) is 6.92 Å². The van der Waals surface area contributed by atoms with Crippen LogP contribution in [0.1, 0.15) is 33.6 Å². The molecule has 0 aromatic carbocycles. The number of hydrogen-bond acceptors (Lipinski definition) is 2. The second-order valence-corrected chi connectivity index (χ2v) is 5.81. The van der Waals surface area contributed by atoms with Gasteiger partial charge in [0.15, 0.2) is 10.6 Å². The molecule has 3 nitrogen and oxygen atoms in total. The fraction of sp³-hybridized carbons (Fsp3) is 0.900. The van der Waals surface area contributed by atoms with Crippen LogP contribution in [0.2, 0.25) is 0 Å². The molecule has 0 rings (SSSR count). The molecule has 1 amide bonds. The molecular formula is C10H18Cl3NO2. The fourth-order valence-corrected chi connectivity index (χ4v) is 1.45. The number of carbonyl (C=O) groups is 1. The van der Waals surface area contributed by atoms with E-state index in [1.807, 2.05) is 13.8 Å².